The molecule has 30 heavy (non-hydrogen) atoms. The molecule has 1 aromatic heterocycles. The number of nitrogens with zero attached hydrogens (tertiary/aromatic N) is 5. The molecule has 0 saturated carbocycles. The Morgan fingerprint density at radius 2 is 1.43 bits per heavy atom. The Balaban J connectivity index is 1.52. The molecule has 0 amide bonds. The van der Waals surface area contributed by atoms with Crippen LogP contribution in [-0.2, 0) is 5.66 Å². The highest BCUT2D eigenvalue weighted by atomic mass is 15.5. The highest BCUT2D eigenvalue weighted by Gasteiger charge is 2.44. The first-order valence-corrected chi connectivity index (χ1v) is 10.3. The summed E-state index contributed by atoms with van der Waals surface area (Å²) in [6.45, 7) is 3.43. The lowest BCUT2D eigenvalue weighted by Gasteiger charge is -2.49. The first-order valence-electron chi connectivity index (χ1n) is 10.3. The van der Waals surface area contributed by atoms with Gasteiger partial charge in [-0.25, -0.2) is 9.97 Å². The number of hydrogen-bond donors (Lipinski definition) is 1. The maximum atomic E-state index is 4.50. The SMILES string of the molecule is C1=NNC(c2ccccc2)(N2CCN(c3ncccn3)CC2)C(c2ccccc2)=C1. The molecule has 1 atom stereocenters. The molecule has 150 valence electrons. The predicted octanol–water partition coefficient (Wildman–Crippen LogP) is 3.12. The third-order valence-corrected chi connectivity index (χ3v) is 5.80. The molecule has 6 heteroatoms. The van der Waals surface area contributed by atoms with E-state index in [-0.39, 0.29) is 0 Å². The zero-order valence-corrected chi connectivity index (χ0v) is 16.7. The van der Waals surface area contributed by atoms with Crippen LogP contribution in [0.1, 0.15) is 11.1 Å². The fraction of sp³-hybridized carbons (Fsp3) is 0.208. The third kappa shape index (κ3) is 3.25. The van der Waals surface area contributed by atoms with E-state index >= 15 is 0 Å². The summed E-state index contributed by atoms with van der Waals surface area (Å²) in [5.74, 6) is 0.791. The molecule has 2 aliphatic heterocycles. The summed E-state index contributed by atoms with van der Waals surface area (Å²) < 4.78 is 0. The van der Waals surface area contributed by atoms with Gasteiger partial charge in [0, 0.05) is 50.4 Å². The van der Waals surface area contributed by atoms with E-state index in [1.807, 2.05) is 12.3 Å². The van der Waals surface area contributed by atoms with Gasteiger partial charge in [0.2, 0.25) is 5.95 Å². The van der Waals surface area contributed by atoms with E-state index in [0.717, 1.165) is 32.1 Å². The molecule has 1 unspecified atom stereocenters. The van der Waals surface area contributed by atoms with E-state index in [1.54, 1.807) is 12.4 Å². The average molecular weight is 396 g/mol. The summed E-state index contributed by atoms with van der Waals surface area (Å²) in [6.07, 6.45) is 7.57. The smallest absolute Gasteiger partial charge is 0.225 e. The second kappa shape index (κ2) is 8.08. The van der Waals surface area contributed by atoms with Crippen LogP contribution in [0.3, 0.4) is 0 Å². The normalized spacial score (nSPS) is 21.7. The van der Waals surface area contributed by atoms with Crippen LogP contribution in [0.5, 0.6) is 0 Å². The molecular formula is C24H24N6. The quantitative estimate of drug-likeness (QED) is 0.734. The minimum atomic E-state index is -0.527. The first kappa shape index (κ1) is 18.5. The third-order valence-electron chi connectivity index (χ3n) is 5.80. The Labute approximate surface area is 176 Å². The summed E-state index contributed by atoms with van der Waals surface area (Å²) in [6, 6.07) is 23.0. The number of hydrazone groups is 1. The number of anilines is 1. The molecule has 6 nitrogen and oxygen atoms in total. The van der Waals surface area contributed by atoms with Gasteiger partial charge in [-0.2, -0.15) is 5.10 Å². The zero-order valence-electron chi connectivity index (χ0n) is 16.7. The molecule has 0 bridgehead atoms. The summed E-state index contributed by atoms with van der Waals surface area (Å²) in [4.78, 5) is 13.6. The van der Waals surface area contributed by atoms with Crippen molar-refractivity contribution in [2.45, 2.75) is 5.66 Å². The number of aromatic nitrogens is 2. The molecule has 3 heterocycles. The lowest BCUT2D eigenvalue weighted by atomic mass is 9.84. The van der Waals surface area contributed by atoms with Crippen molar-refractivity contribution in [1.82, 2.24) is 20.3 Å². The van der Waals surface area contributed by atoms with Crippen LogP contribution in [0.25, 0.3) is 5.57 Å². The summed E-state index contributed by atoms with van der Waals surface area (Å²) in [5, 5.41) is 4.50. The predicted molar refractivity (Wildman–Crippen MR) is 120 cm³/mol. The van der Waals surface area contributed by atoms with E-state index in [4.69, 9.17) is 0 Å². The molecule has 3 aromatic rings. The van der Waals surface area contributed by atoms with Crippen molar-refractivity contribution in [1.29, 1.82) is 0 Å². The van der Waals surface area contributed by atoms with Crippen LogP contribution < -0.4 is 10.3 Å². The van der Waals surface area contributed by atoms with Crippen LogP contribution >= 0.6 is 0 Å². The van der Waals surface area contributed by atoms with Gasteiger partial charge in [0.1, 0.15) is 0 Å². The first-order chi connectivity index (χ1) is 14.9. The van der Waals surface area contributed by atoms with Gasteiger partial charge < -0.3 is 4.90 Å². The van der Waals surface area contributed by atoms with E-state index in [9.17, 15) is 0 Å². The molecule has 2 aromatic carbocycles. The molecule has 0 radical (unpaired) electrons. The van der Waals surface area contributed by atoms with Gasteiger partial charge in [-0.3, -0.25) is 10.3 Å². The Hall–Kier alpha value is -3.51. The number of allylic oxidation sites excluding steroid dienone is 1. The number of rotatable bonds is 4. The second-order valence-corrected chi connectivity index (χ2v) is 7.44. The van der Waals surface area contributed by atoms with E-state index in [0.29, 0.717) is 0 Å². The molecule has 0 aliphatic carbocycles. The monoisotopic (exact) mass is 396 g/mol. The molecule has 1 fully saturated rings. The van der Waals surface area contributed by atoms with Crippen LogP contribution in [0.2, 0.25) is 0 Å². The Kier molecular flexibility index (Phi) is 4.99. The van der Waals surface area contributed by atoms with E-state index in [1.165, 1.54) is 16.7 Å². The Bertz CT molecular complexity index is 1030. The Morgan fingerprint density at radius 3 is 2.13 bits per heavy atom. The van der Waals surface area contributed by atoms with Gasteiger partial charge in [0.15, 0.2) is 5.66 Å². The molecule has 1 N–H and O–H groups in total. The van der Waals surface area contributed by atoms with Gasteiger partial charge in [-0.15, -0.1) is 0 Å². The van der Waals surface area contributed by atoms with Crippen molar-refractivity contribution in [2.75, 3.05) is 31.1 Å². The minimum absolute atomic E-state index is 0.527. The summed E-state index contributed by atoms with van der Waals surface area (Å²) >= 11 is 0. The average Bonchev–Trinajstić information content (AvgIpc) is 2.86. The molecule has 0 spiro atoms. The van der Waals surface area contributed by atoms with Crippen LogP contribution in [0.15, 0.2) is 90.3 Å². The van der Waals surface area contributed by atoms with Gasteiger partial charge in [0.25, 0.3) is 0 Å². The molecule has 5 rings (SSSR count). The van der Waals surface area contributed by atoms with Gasteiger partial charge in [0.05, 0.1) is 0 Å². The molecule has 1 saturated heterocycles. The molecular weight excluding hydrogens is 372 g/mol. The van der Waals surface area contributed by atoms with Crippen LogP contribution in [0.4, 0.5) is 5.95 Å². The standard InChI is InChI=1S/C24H24N6/c1-3-8-20(9-4-1)22-12-15-27-28-24(22,21-10-5-2-6-11-21)30-18-16-29(17-19-30)23-25-13-7-14-26-23/h1-15,28H,16-19H2. The number of hydrogen-bond acceptors (Lipinski definition) is 6. The Morgan fingerprint density at radius 1 is 0.767 bits per heavy atom. The maximum absolute atomic E-state index is 4.50. The highest BCUT2D eigenvalue weighted by Crippen LogP contribution is 2.41. The number of nitrogens with one attached hydrogen (secondary N) is 1. The van der Waals surface area contributed by atoms with Crippen molar-refractivity contribution in [2.24, 2.45) is 5.10 Å². The fourth-order valence-corrected chi connectivity index (χ4v) is 4.37. The zero-order chi connectivity index (χ0) is 20.2. The maximum Gasteiger partial charge on any atom is 0.225 e. The van der Waals surface area contributed by atoms with Crippen molar-refractivity contribution in [3.05, 3.63) is 96.3 Å². The van der Waals surface area contributed by atoms with Crippen molar-refractivity contribution in [3.63, 3.8) is 0 Å². The van der Waals surface area contributed by atoms with Crippen molar-refractivity contribution >= 4 is 17.7 Å². The fourth-order valence-electron chi connectivity index (χ4n) is 4.37. The summed E-state index contributed by atoms with van der Waals surface area (Å²) in [7, 11) is 0. The number of piperazine rings is 1. The van der Waals surface area contributed by atoms with Gasteiger partial charge >= 0.3 is 0 Å². The molecule has 2 aliphatic rings. The lowest BCUT2D eigenvalue weighted by molar-refractivity contribution is 0.0968. The van der Waals surface area contributed by atoms with Crippen LogP contribution in [0, 0.1) is 0 Å². The van der Waals surface area contributed by atoms with Crippen molar-refractivity contribution < 1.29 is 0 Å². The summed E-state index contributed by atoms with van der Waals surface area (Å²) in [5.41, 5.74) is 6.55. The van der Waals surface area contributed by atoms with Gasteiger partial charge in [-0.1, -0.05) is 60.7 Å². The van der Waals surface area contributed by atoms with Crippen LogP contribution in [-0.4, -0.2) is 47.3 Å². The lowest BCUT2D eigenvalue weighted by Crippen LogP contribution is -2.62. The topological polar surface area (TPSA) is 56.7 Å². The van der Waals surface area contributed by atoms with E-state index < -0.39 is 5.66 Å². The van der Waals surface area contributed by atoms with E-state index in [2.05, 4.69) is 97.0 Å². The second-order valence-electron chi connectivity index (χ2n) is 7.44. The largest absolute Gasteiger partial charge is 0.338 e. The number of benzene rings is 2. The van der Waals surface area contributed by atoms with Crippen molar-refractivity contribution in [3.8, 4) is 0 Å². The highest BCUT2D eigenvalue weighted by molar-refractivity contribution is 5.90. The van der Waals surface area contributed by atoms with Gasteiger partial charge in [-0.05, 0) is 23.3 Å². The minimum Gasteiger partial charge on any atom is -0.338 e.